The number of benzene rings is 1. The zero-order valence-electron chi connectivity index (χ0n) is 14.5. The monoisotopic (exact) mass is 328 g/mol. The van der Waals surface area contributed by atoms with Crippen LogP contribution >= 0.6 is 0 Å². The number of carbonyl (C=O) groups excluding carboxylic acids is 3. The number of carbonyl (C=O) groups is 3. The Bertz CT molecular complexity index is 675. The van der Waals surface area contributed by atoms with Gasteiger partial charge in [-0.1, -0.05) is 32.9 Å². The maximum atomic E-state index is 12.7. The van der Waals surface area contributed by atoms with Crippen molar-refractivity contribution in [2.75, 3.05) is 31.1 Å². The van der Waals surface area contributed by atoms with Crippen molar-refractivity contribution >= 4 is 24.2 Å². The molecule has 0 N–H and O–H groups in total. The second-order valence-corrected chi connectivity index (χ2v) is 7.42. The molecule has 5 nitrogen and oxygen atoms in total. The first-order valence-electron chi connectivity index (χ1n) is 8.49. The van der Waals surface area contributed by atoms with Gasteiger partial charge in [-0.15, -0.1) is 0 Å². The first-order valence-corrected chi connectivity index (χ1v) is 8.49. The average Bonchev–Trinajstić information content (AvgIpc) is 3.11. The van der Waals surface area contributed by atoms with Gasteiger partial charge in [-0.2, -0.15) is 0 Å². The van der Waals surface area contributed by atoms with Crippen LogP contribution in [0.1, 0.15) is 41.5 Å². The smallest absolute Gasteiger partial charge is 0.226 e. The van der Waals surface area contributed by atoms with Gasteiger partial charge in [-0.25, -0.2) is 0 Å². The SMILES string of the molecule is CC1C(C(=O)N2CCN(c3cccc(C=O)c3C=O)CC2)C1(C)C. The van der Waals surface area contributed by atoms with Gasteiger partial charge in [-0.05, 0) is 17.4 Å². The van der Waals surface area contributed by atoms with Gasteiger partial charge in [0.05, 0.1) is 0 Å². The zero-order valence-corrected chi connectivity index (χ0v) is 14.5. The molecule has 1 amide bonds. The van der Waals surface area contributed by atoms with E-state index in [1.165, 1.54) is 0 Å². The Morgan fingerprint density at radius 1 is 1.12 bits per heavy atom. The van der Waals surface area contributed by atoms with E-state index in [4.69, 9.17) is 0 Å². The Morgan fingerprint density at radius 2 is 1.75 bits per heavy atom. The van der Waals surface area contributed by atoms with E-state index in [1.54, 1.807) is 12.1 Å². The van der Waals surface area contributed by atoms with Gasteiger partial charge in [0, 0.05) is 48.9 Å². The van der Waals surface area contributed by atoms with Gasteiger partial charge < -0.3 is 9.80 Å². The molecule has 2 unspecified atom stereocenters. The molecule has 2 fully saturated rings. The first-order chi connectivity index (χ1) is 11.4. The molecule has 128 valence electrons. The van der Waals surface area contributed by atoms with Gasteiger partial charge in [0.2, 0.25) is 5.91 Å². The summed E-state index contributed by atoms with van der Waals surface area (Å²) in [5, 5.41) is 0. The molecular weight excluding hydrogens is 304 g/mol. The number of hydrogen-bond donors (Lipinski definition) is 0. The van der Waals surface area contributed by atoms with Crippen LogP contribution in [0.15, 0.2) is 18.2 Å². The lowest BCUT2D eigenvalue weighted by Crippen LogP contribution is -2.50. The van der Waals surface area contributed by atoms with E-state index in [1.807, 2.05) is 11.0 Å². The van der Waals surface area contributed by atoms with Crippen molar-refractivity contribution < 1.29 is 14.4 Å². The third kappa shape index (κ3) is 2.62. The highest BCUT2D eigenvalue weighted by molar-refractivity contribution is 5.96. The molecule has 0 radical (unpaired) electrons. The third-order valence-electron chi connectivity index (χ3n) is 5.93. The third-order valence-corrected chi connectivity index (χ3v) is 5.93. The minimum absolute atomic E-state index is 0.108. The average molecular weight is 328 g/mol. The number of amides is 1. The summed E-state index contributed by atoms with van der Waals surface area (Å²) >= 11 is 0. The molecule has 0 bridgehead atoms. The summed E-state index contributed by atoms with van der Waals surface area (Å²) in [5.74, 6) is 0.825. The number of anilines is 1. The summed E-state index contributed by atoms with van der Waals surface area (Å²) in [5.41, 5.74) is 1.73. The van der Waals surface area contributed by atoms with Crippen molar-refractivity contribution in [3.05, 3.63) is 29.3 Å². The maximum Gasteiger partial charge on any atom is 0.226 e. The largest absolute Gasteiger partial charge is 0.367 e. The summed E-state index contributed by atoms with van der Waals surface area (Å²) in [6, 6.07) is 5.30. The number of rotatable bonds is 4. The van der Waals surface area contributed by atoms with Crippen LogP contribution in [0.2, 0.25) is 0 Å². The van der Waals surface area contributed by atoms with Gasteiger partial charge in [0.1, 0.15) is 0 Å². The highest BCUT2D eigenvalue weighted by Crippen LogP contribution is 2.58. The Hall–Kier alpha value is -2.17. The lowest BCUT2D eigenvalue weighted by atomic mass is 10.1. The van der Waals surface area contributed by atoms with E-state index in [0.29, 0.717) is 49.5 Å². The molecule has 2 atom stereocenters. The lowest BCUT2D eigenvalue weighted by Gasteiger charge is -2.37. The van der Waals surface area contributed by atoms with Crippen molar-refractivity contribution in [2.45, 2.75) is 20.8 Å². The van der Waals surface area contributed by atoms with Crippen LogP contribution < -0.4 is 4.90 Å². The van der Waals surface area contributed by atoms with Crippen LogP contribution in [0.25, 0.3) is 0 Å². The van der Waals surface area contributed by atoms with Crippen LogP contribution in [0.4, 0.5) is 5.69 Å². The fourth-order valence-electron chi connectivity index (χ4n) is 3.87. The predicted molar refractivity (Wildman–Crippen MR) is 92.4 cm³/mol. The molecule has 1 saturated carbocycles. The van der Waals surface area contributed by atoms with Crippen molar-refractivity contribution in [3.63, 3.8) is 0 Å². The molecule has 3 rings (SSSR count). The molecule has 1 saturated heterocycles. The van der Waals surface area contributed by atoms with E-state index in [-0.39, 0.29) is 17.2 Å². The Morgan fingerprint density at radius 3 is 2.25 bits per heavy atom. The number of nitrogens with zero attached hydrogens (tertiary/aromatic N) is 2. The Labute approximate surface area is 142 Å². The van der Waals surface area contributed by atoms with Crippen molar-refractivity contribution in [1.82, 2.24) is 4.90 Å². The number of aldehydes is 2. The van der Waals surface area contributed by atoms with E-state index < -0.39 is 0 Å². The van der Waals surface area contributed by atoms with E-state index in [9.17, 15) is 14.4 Å². The maximum absolute atomic E-state index is 12.7. The second kappa shape index (κ2) is 6.04. The molecule has 1 aromatic carbocycles. The molecule has 1 heterocycles. The minimum atomic E-state index is 0.108. The van der Waals surface area contributed by atoms with Gasteiger partial charge in [0.15, 0.2) is 12.6 Å². The zero-order chi connectivity index (χ0) is 17.5. The predicted octanol–water partition coefficient (Wildman–Crippen LogP) is 2.25. The fourth-order valence-corrected chi connectivity index (χ4v) is 3.87. The standard InChI is InChI=1S/C19H24N2O3/c1-13-17(19(13,2)3)18(24)21-9-7-20(8-10-21)16-6-4-5-14(11-22)15(16)12-23/h4-6,11-13,17H,7-10H2,1-3H3. The quantitative estimate of drug-likeness (QED) is 0.796. The van der Waals surface area contributed by atoms with Crippen molar-refractivity contribution in [3.8, 4) is 0 Å². The molecule has 24 heavy (non-hydrogen) atoms. The summed E-state index contributed by atoms with van der Waals surface area (Å²) in [7, 11) is 0. The Balaban J connectivity index is 1.69. The first kappa shape index (κ1) is 16.7. The molecule has 1 aromatic rings. The molecule has 1 aliphatic carbocycles. The van der Waals surface area contributed by atoms with Crippen LogP contribution in [-0.2, 0) is 4.79 Å². The number of hydrogen-bond acceptors (Lipinski definition) is 4. The van der Waals surface area contributed by atoms with Crippen LogP contribution in [-0.4, -0.2) is 49.6 Å². The highest BCUT2D eigenvalue weighted by atomic mass is 16.2. The normalized spacial score (nSPS) is 25.3. The molecular formula is C19H24N2O3. The molecule has 1 aliphatic heterocycles. The lowest BCUT2D eigenvalue weighted by molar-refractivity contribution is -0.133. The van der Waals surface area contributed by atoms with Crippen LogP contribution in [0.5, 0.6) is 0 Å². The topological polar surface area (TPSA) is 57.7 Å². The van der Waals surface area contributed by atoms with Crippen LogP contribution in [0, 0.1) is 17.3 Å². The van der Waals surface area contributed by atoms with Gasteiger partial charge >= 0.3 is 0 Å². The van der Waals surface area contributed by atoms with Gasteiger partial charge in [-0.3, -0.25) is 14.4 Å². The highest BCUT2D eigenvalue weighted by Gasteiger charge is 2.59. The van der Waals surface area contributed by atoms with E-state index in [0.717, 1.165) is 12.0 Å². The summed E-state index contributed by atoms with van der Waals surface area (Å²) in [4.78, 5) is 39.2. The van der Waals surface area contributed by atoms with Crippen LogP contribution in [0.3, 0.4) is 0 Å². The molecule has 2 aliphatic rings. The number of piperazine rings is 1. The van der Waals surface area contributed by atoms with Crippen molar-refractivity contribution in [2.24, 2.45) is 17.3 Å². The molecule has 5 heteroatoms. The fraction of sp³-hybridized carbons (Fsp3) is 0.526. The summed E-state index contributed by atoms with van der Waals surface area (Å²) in [6.45, 7) is 9.10. The van der Waals surface area contributed by atoms with E-state index in [2.05, 4.69) is 25.7 Å². The molecule has 0 aromatic heterocycles. The summed E-state index contributed by atoms with van der Waals surface area (Å²) < 4.78 is 0. The van der Waals surface area contributed by atoms with Crippen molar-refractivity contribution in [1.29, 1.82) is 0 Å². The minimum Gasteiger partial charge on any atom is -0.367 e. The Kier molecular flexibility index (Phi) is 4.20. The van der Waals surface area contributed by atoms with E-state index >= 15 is 0 Å². The summed E-state index contributed by atoms with van der Waals surface area (Å²) in [6.07, 6.45) is 1.45. The van der Waals surface area contributed by atoms with Gasteiger partial charge in [0.25, 0.3) is 0 Å². The molecule has 0 spiro atoms. The second-order valence-electron chi connectivity index (χ2n) is 7.42.